The van der Waals surface area contributed by atoms with Crippen LogP contribution in [0.2, 0.25) is 0 Å². The van der Waals surface area contributed by atoms with Crippen molar-refractivity contribution < 1.29 is 14.7 Å². The van der Waals surface area contributed by atoms with E-state index < -0.39 is 12.0 Å². The number of nitrogens with two attached hydrogens (primary N) is 1. The van der Waals surface area contributed by atoms with Crippen molar-refractivity contribution in [1.82, 2.24) is 0 Å². The van der Waals surface area contributed by atoms with Gasteiger partial charge in [0, 0.05) is 11.3 Å². The van der Waals surface area contributed by atoms with Crippen molar-refractivity contribution in [3.8, 4) is 0 Å². The average molecular weight is 236 g/mol. The van der Waals surface area contributed by atoms with Gasteiger partial charge >= 0.3 is 5.97 Å². The highest BCUT2D eigenvalue weighted by Gasteiger charge is 2.17. The number of para-hydroxylation sites is 1. The topological polar surface area (TPSA) is 92.4 Å². The molecule has 1 atom stereocenters. The molecule has 0 spiro atoms. The van der Waals surface area contributed by atoms with Gasteiger partial charge in [0.05, 0.1) is 6.04 Å². The second-order valence-corrected chi connectivity index (χ2v) is 3.67. The summed E-state index contributed by atoms with van der Waals surface area (Å²) in [5.41, 5.74) is 6.62. The number of hydrogen-bond donors (Lipinski definition) is 3. The highest BCUT2D eigenvalue weighted by molar-refractivity contribution is 6.04. The molecule has 0 fully saturated rings. The van der Waals surface area contributed by atoms with Gasteiger partial charge in [-0.3, -0.25) is 9.59 Å². The molecule has 1 aromatic rings. The highest BCUT2D eigenvalue weighted by atomic mass is 16.4. The van der Waals surface area contributed by atoms with Crippen molar-refractivity contribution in [2.75, 3.05) is 11.9 Å². The number of carboxylic acids is 1. The fraction of sp³-hybridized carbons (Fsp3) is 0.333. The Balaban J connectivity index is 2.91. The molecule has 0 bridgehead atoms. The average Bonchev–Trinajstić information content (AvgIpc) is 2.34. The SMILES string of the molecule is CCC(N)C(=O)c1ccccc1NCC(=O)O. The van der Waals surface area contributed by atoms with Gasteiger partial charge in [-0.15, -0.1) is 0 Å². The van der Waals surface area contributed by atoms with Gasteiger partial charge in [0.1, 0.15) is 6.54 Å². The van der Waals surface area contributed by atoms with Gasteiger partial charge in [-0.05, 0) is 18.6 Å². The summed E-state index contributed by atoms with van der Waals surface area (Å²) in [7, 11) is 0. The minimum Gasteiger partial charge on any atom is -0.480 e. The van der Waals surface area contributed by atoms with E-state index in [0.29, 0.717) is 17.7 Å². The first kappa shape index (κ1) is 13.2. The Morgan fingerprint density at radius 2 is 2.06 bits per heavy atom. The summed E-state index contributed by atoms with van der Waals surface area (Å²) in [6.07, 6.45) is 0.548. The van der Waals surface area contributed by atoms with Crippen LogP contribution in [-0.4, -0.2) is 29.4 Å². The van der Waals surface area contributed by atoms with E-state index >= 15 is 0 Å². The molecular formula is C12H16N2O3. The third-order valence-corrected chi connectivity index (χ3v) is 2.40. The molecule has 0 aliphatic rings. The molecule has 1 unspecified atom stereocenters. The Bertz CT molecular complexity index is 418. The van der Waals surface area contributed by atoms with E-state index in [9.17, 15) is 9.59 Å². The van der Waals surface area contributed by atoms with E-state index in [1.165, 1.54) is 0 Å². The van der Waals surface area contributed by atoms with Crippen molar-refractivity contribution in [3.63, 3.8) is 0 Å². The molecule has 0 aliphatic heterocycles. The molecule has 5 heteroatoms. The van der Waals surface area contributed by atoms with Crippen molar-refractivity contribution in [1.29, 1.82) is 0 Å². The maximum Gasteiger partial charge on any atom is 0.322 e. The summed E-state index contributed by atoms with van der Waals surface area (Å²) >= 11 is 0. The lowest BCUT2D eigenvalue weighted by Crippen LogP contribution is -2.30. The molecule has 17 heavy (non-hydrogen) atoms. The molecular weight excluding hydrogens is 220 g/mol. The summed E-state index contributed by atoms with van der Waals surface area (Å²) < 4.78 is 0. The molecule has 1 aromatic carbocycles. The number of carbonyl (C=O) groups is 2. The van der Waals surface area contributed by atoms with Crippen LogP contribution in [0.5, 0.6) is 0 Å². The fourth-order valence-corrected chi connectivity index (χ4v) is 1.41. The Morgan fingerprint density at radius 3 is 2.65 bits per heavy atom. The normalized spacial score (nSPS) is 11.9. The molecule has 0 heterocycles. The van der Waals surface area contributed by atoms with Gasteiger partial charge in [0.25, 0.3) is 0 Å². The van der Waals surface area contributed by atoms with Crippen molar-refractivity contribution in [3.05, 3.63) is 29.8 Å². The molecule has 0 aromatic heterocycles. The van der Waals surface area contributed by atoms with Gasteiger partial charge in [-0.2, -0.15) is 0 Å². The van der Waals surface area contributed by atoms with Gasteiger partial charge in [0.2, 0.25) is 0 Å². The van der Waals surface area contributed by atoms with Crippen LogP contribution in [0.1, 0.15) is 23.7 Å². The molecule has 0 saturated heterocycles. The second kappa shape index (κ2) is 6.00. The van der Waals surface area contributed by atoms with Gasteiger partial charge in [-0.25, -0.2) is 0 Å². The molecule has 0 amide bonds. The lowest BCUT2D eigenvalue weighted by Gasteiger charge is -2.12. The maximum absolute atomic E-state index is 11.9. The van der Waals surface area contributed by atoms with Crippen LogP contribution in [0.25, 0.3) is 0 Å². The van der Waals surface area contributed by atoms with E-state index in [-0.39, 0.29) is 12.3 Å². The maximum atomic E-state index is 11.9. The number of carboxylic acid groups (broad SMARTS) is 1. The minimum absolute atomic E-state index is 0.180. The van der Waals surface area contributed by atoms with Crippen LogP contribution >= 0.6 is 0 Å². The number of nitrogens with one attached hydrogen (secondary N) is 1. The molecule has 1 rings (SSSR count). The Labute approximate surface area is 99.6 Å². The lowest BCUT2D eigenvalue weighted by atomic mass is 10.0. The number of aliphatic carboxylic acids is 1. The van der Waals surface area contributed by atoms with Gasteiger partial charge in [0.15, 0.2) is 5.78 Å². The molecule has 92 valence electrons. The lowest BCUT2D eigenvalue weighted by molar-refractivity contribution is -0.134. The summed E-state index contributed by atoms with van der Waals surface area (Å²) in [5, 5.41) is 11.3. The zero-order valence-corrected chi connectivity index (χ0v) is 9.64. The molecule has 0 radical (unpaired) electrons. The second-order valence-electron chi connectivity index (χ2n) is 3.67. The van der Waals surface area contributed by atoms with Crippen LogP contribution in [0.4, 0.5) is 5.69 Å². The van der Waals surface area contributed by atoms with Gasteiger partial charge < -0.3 is 16.2 Å². The molecule has 0 saturated carbocycles. The number of rotatable bonds is 6. The summed E-state index contributed by atoms with van der Waals surface area (Å²) in [6, 6.07) is 6.21. The molecule has 4 N–H and O–H groups in total. The first-order chi connectivity index (χ1) is 8.06. The van der Waals surface area contributed by atoms with E-state index in [0.717, 1.165) is 0 Å². The third kappa shape index (κ3) is 3.57. The first-order valence-electron chi connectivity index (χ1n) is 5.40. The quantitative estimate of drug-likeness (QED) is 0.643. The van der Waals surface area contributed by atoms with Crippen molar-refractivity contribution >= 4 is 17.4 Å². The zero-order valence-electron chi connectivity index (χ0n) is 9.64. The Hall–Kier alpha value is -1.88. The minimum atomic E-state index is -0.980. The van der Waals surface area contributed by atoms with Crippen LogP contribution in [0, 0.1) is 0 Å². The Morgan fingerprint density at radius 1 is 1.41 bits per heavy atom. The number of benzene rings is 1. The number of hydrogen-bond acceptors (Lipinski definition) is 4. The van der Waals surface area contributed by atoms with E-state index in [1.54, 1.807) is 24.3 Å². The highest BCUT2D eigenvalue weighted by Crippen LogP contribution is 2.17. The summed E-state index contributed by atoms with van der Waals surface area (Å²) in [6.45, 7) is 1.60. The number of Topliss-reactive ketones (excluding diaryl/α,β-unsaturated/α-hetero) is 1. The van der Waals surface area contributed by atoms with Gasteiger partial charge in [-0.1, -0.05) is 19.1 Å². The van der Waals surface area contributed by atoms with Crippen LogP contribution in [0.3, 0.4) is 0 Å². The monoisotopic (exact) mass is 236 g/mol. The van der Waals surface area contributed by atoms with Crippen molar-refractivity contribution in [2.45, 2.75) is 19.4 Å². The third-order valence-electron chi connectivity index (χ3n) is 2.40. The predicted octanol–water partition coefficient (Wildman–Crippen LogP) is 1.10. The first-order valence-corrected chi connectivity index (χ1v) is 5.40. The fourth-order valence-electron chi connectivity index (χ4n) is 1.41. The summed E-state index contributed by atoms with van der Waals surface area (Å²) in [5.74, 6) is -1.16. The van der Waals surface area contributed by atoms with Crippen LogP contribution in [-0.2, 0) is 4.79 Å². The van der Waals surface area contributed by atoms with E-state index in [4.69, 9.17) is 10.8 Å². The van der Waals surface area contributed by atoms with E-state index in [1.807, 2.05) is 6.92 Å². The van der Waals surface area contributed by atoms with Crippen LogP contribution < -0.4 is 11.1 Å². The smallest absolute Gasteiger partial charge is 0.322 e. The zero-order chi connectivity index (χ0) is 12.8. The Kier molecular flexibility index (Phi) is 4.66. The van der Waals surface area contributed by atoms with Crippen LogP contribution in [0.15, 0.2) is 24.3 Å². The number of carbonyl (C=O) groups excluding carboxylic acids is 1. The largest absolute Gasteiger partial charge is 0.480 e. The number of ketones is 1. The number of anilines is 1. The standard InChI is InChI=1S/C12H16N2O3/c1-2-9(13)12(17)8-5-3-4-6-10(8)14-7-11(15)16/h3-6,9,14H,2,7,13H2,1H3,(H,15,16). The molecule has 5 nitrogen and oxygen atoms in total. The molecule has 0 aliphatic carbocycles. The summed E-state index contributed by atoms with van der Waals surface area (Å²) in [4.78, 5) is 22.4. The van der Waals surface area contributed by atoms with Crippen molar-refractivity contribution in [2.24, 2.45) is 5.73 Å². The predicted molar refractivity (Wildman–Crippen MR) is 65.2 cm³/mol. The van der Waals surface area contributed by atoms with E-state index in [2.05, 4.69) is 5.32 Å².